The van der Waals surface area contributed by atoms with Crippen LogP contribution in [0.4, 0.5) is 0 Å². The van der Waals surface area contributed by atoms with Crippen molar-refractivity contribution in [3.63, 3.8) is 0 Å². The van der Waals surface area contributed by atoms with Gasteiger partial charge in [0.1, 0.15) is 5.75 Å². The molecule has 2 aromatic rings. The second-order valence-electron chi connectivity index (χ2n) is 4.46. The lowest BCUT2D eigenvalue weighted by Gasteiger charge is -2.14. The molecule has 4 nitrogen and oxygen atoms in total. The van der Waals surface area contributed by atoms with E-state index >= 15 is 0 Å². The van der Waals surface area contributed by atoms with E-state index in [-0.39, 0.29) is 5.56 Å². The fourth-order valence-electron chi connectivity index (χ4n) is 2.11. The van der Waals surface area contributed by atoms with Crippen LogP contribution in [0.25, 0.3) is 0 Å². The predicted molar refractivity (Wildman–Crippen MR) is 75.1 cm³/mol. The van der Waals surface area contributed by atoms with Gasteiger partial charge in [0.15, 0.2) is 0 Å². The van der Waals surface area contributed by atoms with E-state index in [9.17, 15) is 9.90 Å². The number of carbonyl (C=O) groups is 1. The number of aromatic carboxylic acids is 1. The normalized spacial score (nSPS) is 11.9. The standard InChI is InChI=1S/C16H16O4/c1-20-12-6-4-5-11(9-12)10-15(17)13-7-2-3-8-14(13)16(18)19/h2-9,15,17H,10H2,1H3,(H,18,19)/t15-/m0/s1. The number of carboxylic acids is 1. The molecule has 2 aromatic carbocycles. The number of ether oxygens (including phenoxy) is 1. The first kappa shape index (κ1) is 14.1. The Bertz CT molecular complexity index is 607. The largest absolute Gasteiger partial charge is 0.497 e. The summed E-state index contributed by atoms with van der Waals surface area (Å²) in [5, 5.41) is 19.4. The highest BCUT2D eigenvalue weighted by Crippen LogP contribution is 2.23. The van der Waals surface area contributed by atoms with E-state index in [4.69, 9.17) is 9.84 Å². The van der Waals surface area contributed by atoms with E-state index in [2.05, 4.69) is 0 Å². The minimum Gasteiger partial charge on any atom is -0.497 e. The monoisotopic (exact) mass is 272 g/mol. The van der Waals surface area contributed by atoms with Crippen molar-refractivity contribution in [2.75, 3.05) is 7.11 Å². The Hall–Kier alpha value is -2.33. The van der Waals surface area contributed by atoms with Gasteiger partial charge in [-0.15, -0.1) is 0 Å². The lowest BCUT2D eigenvalue weighted by molar-refractivity contribution is 0.0689. The molecule has 0 bridgehead atoms. The molecule has 4 heteroatoms. The predicted octanol–water partition coefficient (Wildman–Crippen LogP) is 2.67. The average molecular weight is 272 g/mol. The van der Waals surface area contributed by atoms with E-state index in [1.54, 1.807) is 25.3 Å². The van der Waals surface area contributed by atoms with Crippen LogP contribution < -0.4 is 4.74 Å². The van der Waals surface area contributed by atoms with Gasteiger partial charge in [0, 0.05) is 6.42 Å². The van der Waals surface area contributed by atoms with Gasteiger partial charge in [-0.05, 0) is 29.3 Å². The third-order valence-corrected chi connectivity index (χ3v) is 3.11. The molecule has 2 rings (SSSR count). The van der Waals surface area contributed by atoms with Crippen molar-refractivity contribution in [3.8, 4) is 5.75 Å². The number of aliphatic hydroxyl groups is 1. The minimum absolute atomic E-state index is 0.128. The van der Waals surface area contributed by atoms with Crippen molar-refractivity contribution < 1.29 is 19.7 Å². The highest BCUT2D eigenvalue weighted by atomic mass is 16.5. The van der Waals surface area contributed by atoms with E-state index < -0.39 is 12.1 Å². The van der Waals surface area contributed by atoms with Crippen LogP contribution in [0.1, 0.15) is 27.6 Å². The summed E-state index contributed by atoms with van der Waals surface area (Å²) in [6.45, 7) is 0. The molecule has 0 fully saturated rings. The van der Waals surface area contributed by atoms with Crippen LogP contribution >= 0.6 is 0 Å². The molecule has 0 spiro atoms. The van der Waals surface area contributed by atoms with Crippen LogP contribution in [0.5, 0.6) is 5.75 Å². The van der Waals surface area contributed by atoms with Crippen LogP contribution in [-0.2, 0) is 6.42 Å². The molecule has 0 aliphatic rings. The van der Waals surface area contributed by atoms with Gasteiger partial charge in [-0.3, -0.25) is 0 Å². The van der Waals surface area contributed by atoms with Crippen molar-refractivity contribution in [2.45, 2.75) is 12.5 Å². The third kappa shape index (κ3) is 3.16. The maximum absolute atomic E-state index is 11.1. The number of hydrogen-bond donors (Lipinski definition) is 2. The summed E-state index contributed by atoms with van der Waals surface area (Å²) < 4.78 is 5.13. The Balaban J connectivity index is 2.23. The van der Waals surface area contributed by atoms with Crippen LogP contribution in [0.3, 0.4) is 0 Å². The topological polar surface area (TPSA) is 66.8 Å². The summed E-state index contributed by atoms with van der Waals surface area (Å²) in [6.07, 6.45) is -0.531. The Kier molecular flexibility index (Phi) is 4.38. The molecule has 0 aromatic heterocycles. The molecule has 0 amide bonds. The number of aliphatic hydroxyl groups excluding tert-OH is 1. The number of rotatable bonds is 5. The van der Waals surface area contributed by atoms with Crippen LogP contribution in [-0.4, -0.2) is 23.3 Å². The molecule has 0 radical (unpaired) electrons. The lowest BCUT2D eigenvalue weighted by Crippen LogP contribution is -2.09. The zero-order chi connectivity index (χ0) is 14.5. The first-order valence-corrected chi connectivity index (χ1v) is 6.25. The molecule has 0 heterocycles. The van der Waals surface area contributed by atoms with Crippen molar-refractivity contribution in [2.24, 2.45) is 0 Å². The molecule has 0 saturated carbocycles. The molecule has 1 atom stereocenters. The third-order valence-electron chi connectivity index (χ3n) is 3.11. The van der Waals surface area contributed by atoms with Crippen molar-refractivity contribution in [1.29, 1.82) is 0 Å². The van der Waals surface area contributed by atoms with Crippen molar-refractivity contribution in [3.05, 3.63) is 65.2 Å². The zero-order valence-corrected chi connectivity index (χ0v) is 11.1. The molecular weight excluding hydrogens is 256 g/mol. The molecule has 0 aliphatic heterocycles. The first-order chi connectivity index (χ1) is 9.61. The highest BCUT2D eigenvalue weighted by Gasteiger charge is 2.16. The SMILES string of the molecule is COc1cccc(C[C@H](O)c2ccccc2C(=O)O)c1. The van der Waals surface area contributed by atoms with Gasteiger partial charge < -0.3 is 14.9 Å². The summed E-state index contributed by atoms with van der Waals surface area (Å²) in [5.41, 5.74) is 1.43. The second kappa shape index (κ2) is 6.21. The van der Waals surface area contributed by atoms with Crippen molar-refractivity contribution in [1.82, 2.24) is 0 Å². The zero-order valence-electron chi connectivity index (χ0n) is 11.1. The average Bonchev–Trinajstić information content (AvgIpc) is 2.47. The van der Waals surface area contributed by atoms with E-state index in [1.807, 2.05) is 24.3 Å². The first-order valence-electron chi connectivity index (χ1n) is 6.25. The Morgan fingerprint density at radius 2 is 1.95 bits per heavy atom. The Morgan fingerprint density at radius 1 is 1.20 bits per heavy atom. The maximum atomic E-state index is 11.1. The fourth-order valence-corrected chi connectivity index (χ4v) is 2.11. The summed E-state index contributed by atoms with van der Waals surface area (Å²) in [5.74, 6) is -0.327. The van der Waals surface area contributed by atoms with Gasteiger partial charge in [-0.25, -0.2) is 4.79 Å². The smallest absolute Gasteiger partial charge is 0.336 e. The molecule has 0 unspecified atom stereocenters. The highest BCUT2D eigenvalue weighted by molar-refractivity contribution is 5.89. The fraction of sp³-hybridized carbons (Fsp3) is 0.188. The van der Waals surface area contributed by atoms with Gasteiger partial charge in [-0.2, -0.15) is 0 Å². The van der Waals surface area contributed by atoms with E-state index in [0.717, 1.165) is 5.56 Å². The molecule has 104 valence electrons. The van der Waals surface area contributed by atoms with Gasteiger partial charge in [0.25, 0.3) is 0 Å². The minimum atomic E-state index is -1.04. The lowest BCUT2D eigenvalue weighted by atomic mass is 9.97. The van der Waals surface area contributed by atoms with E-state index in [0.29, 0.717) is 17.7 Å². The molecular formula is C16H16O4. The number of hydrogen-bond acceptors (Lipinski definition) is 3. The van der Waals surface area contributed by atoms with Crippen LogP contribution in [0, 0.1) is 0 Å². The quantitative estimate of drug-likeness (QED) is 0.878. The molecule has 20 heavy (non-hydrogen) atoms. The van der Waals surface area contributed by atoms with Gasteiger partial charge in [-0.1, -0.05) is 30.3 Å². The Labute approximate surface area is 117 Å². The number of benzene rings is 2. The number of carboxylic acid groups (broad SMARTS) is 1. The van der Waals surface area contributed by atoms with Crippen molar-refractivity contribution >= 4 is 5.97 Å². The maximum Gasteiger partial charge on any atom is 0.336 e. The summed E-state index contributed by atoms with van der Waals surface area (Å²) in [6, 6.07) is 13.8. The van der Waals surface area contributed by atoms with E-state index in [1.165, 1.54) is 6.07 Å². The van der Waals surface area contributed by atoms with Crippen LogP contribution in [0.15, 0.2) is 48.5 Å². The molecule has 0 aliphatic carbocycles. The molecule has 0 saturated heterocycles. The van der Waals surface area contributed by atoms with Gasteiger partial charge >= 0.3 is 5.97 Å². The molecule has 2 N–H and O–H groups in total. The Morgan fingerprint density at radius 3 is 2.65 bits per heavy atom. The summed E-state index contributed by atoms with van der Waals surface area (Å²) in [7, 11) is 1.58. The second-order valence-corrected chi connectivity index (χ2v) is 4.46. The summed E-state index contributed by atoms with van der Waals surface area (Å²) in [4.78, 5) is 11.1. The van der Waals surface area contributed by atoms with Crippen LogP contribution in [0.2, 0.25) is 0 Å². The number of methoxy groups -OCH3 is 1. The summed E-state index contributed by atoms with van der Waals surface area (Å²) >= 11 is 0. The van der Waals surface area contributed by atoms with Gasteiger partial charge in [0.05, 0.1) is 18.8 Å². The van der Waals surface area contributed by atoms with Gasteiger partial charge in [0.2, 0.25) is 0 Å².